The van der Waals surface area contributed by atoms with Crippen LogP contribution in [0.5, 0.6) is 0 Å². The zero-order chi connectivity index (χ0) is 10.8. The number of nitrogens with one attached hydrogen (secondary N) is 1. The topological polar surface area (TPSA) is 32.3 Å². The minimum Gasteiger partial charge on any atom is -0.338 e. The lowest BCUT2D eigenvalue weighted by molar-refractivity contribution is -0.129. The van der Waals surface area contributed by atoms with Crippen molar-refractivity contribution in [2.24, 2.45) is 0 Å². The van der Waals surface area contributed by atoms with E-state index in [1.807, 2.05) is 0 Å². The van der Waals surface area contributed by atoms with Crippen LogP contribution in [-0.4, -0.2) is 37.0 Å². The van der Waals surface area contributed by atoms with Crippen molar-refractivity contribution in [2.45, 2.75) is 13.3 Å². The number of hydrogen-bond acceptors (Lipinski definition) is 2. The molecule has 0 aromatic carbocycles. The predicted molar refractivity (Wildman–Crippen MR) is 60.1 cm³/mol. The molecule has 1 amide bonds. The van der Waals surface area contributed by atoms with Gasteiger partial charge in [0.15, 0.2) is 0 Å². The quantitative estimate of drug-likeness (QED) is 0.467. The molecule has 0 atom stereocenters. The Kier molecular flexibility index (Phi) is 7.84. The first-order valence-electron chi connectivity index (χ1n) is 4.96. The Morgan fingerprint density at radius 2 is 2.14 bits per heavy atom. The number of carbonyl (C=O) groups excluding carboxylic acids is 1. The second kappa shape index (κ2) is 8.51. The summed E-state index contributed by atoms with van der Waals surface area (Å²) < 4.78 is 0. The summed E-state index contributed by atoms with van der Waals surface area (Å²) in [5, 5.41) is 2.99. The van der Waals surface area contributed by atoms with Crippen molar-refractivity contribution in [1.29, 1.82) is 0 Å². The molecule has 0 saturated carbocycles. The highest BCUT2D eigenvalue weighted by Crippen LogP contribution is 1.92. The maximum atomic E-state index is 11.6. The fourth-order valence-corrected chi connectivity index (χ4v) is 1.14. The van der Waals surface area contributed by atoms with Gasteiger partial charge < -0.3 is 10.2 Å². The number of amides is 1. The summed E-state index contributed by atoms with van der Waals surface area (Å²) in [6.07, 6.45) is 4.47. The Hall–Kier alpha value is -1.09. The Balaban J connectivity index is 3.87. The van der Waals surface area contributed by atoms with E-state index in [0.717, 1.165) is 13.0 Å². The maximum absolute atomic E-state index is 11.6. The lowest BCUT2D eigenvalue weighted by Gasteiger charge is -2.20. The number of nitrogens with zero attached hydrogens (tertiary/aromatic N) is 1. The van der Waals surface area contributed by atoms with E-state index in [-0.39, 0.29) is 5.91 Å². The first-order valence-corrected chi connectivity index (χ1v) is 4.96. The minimum atomic E-state index is 0.119. The van der Waals surface area contributed by atoms with Crippen LogP contribution in [0.4, 0.5) is 0 Å². The molecular weight excluding hydrogens is 176 g/mol. The van der Waals surface area contributed by atoms with E-state index in [1.165, 1.54) is 0 Å². The molecule has 0 aliphatic carbocycles. The van der Waals surface area contributed by atoms with Gasteiger partial charge in [-0.2, -0.15) is 0 Å². The van der Waals surface area contributed by atoms with Crippen LogP contribution in [-0.2, 0) is 4.79 Å². The lowest BCUT2D eigenvalue weighted by atomic mass is 10.3. The molecule has 80 valence electrons. The molecule has 0 aromatic rings. The van der Waals surface area contributed by atoms with E-state index in [4.69, 9.17) is 0 Å². The highest BCUT2D eigenvalue weighted by atomic mass is 16.2. The standard InChI is InChI=1S/C11H20N2O/c1-4-7-12-10-11(14)13(8-5-2)9-6-3/h4-5,12H,1-2,6-10H2,3H3. The Morgan fingerprint density at radius 3 is 2.64 bits per heavy atom. The van der Waals surface area contributed by atoms with Gasteiger partial charge in [-0.15, -0.1) is 13.2 Å². The SMILES string of the molecule is C=CCNCC(=O)N(CC=C)CCC. The van der Waals surface area contributed by atoms with E-state index in [0.29, 0.717) is 19.6 Å². The summed E-state index contributed by atoms with van der Waals surface area (Å²) in [5.41, 5.74) is 0. The molecule has 0 aromatic heterocycles. The van der Waals surface area contributed by atoms with Crippen molar-refractivity contribution in [2.75, 3.05) is 26.2 Å². The number of hydrogen-bond donors (Lipinski definition) is 1. The molecule has 3 heteroatoms. The summed E-state index contributed by atoms with van der Waals surface area (Å²) in [6, 6.07) is 0. The van der Waals surface area contributed by atoms with Gasteiger partial charge in [0.2, 0.25) is 5.91 Å². The van der Waals surface area contributed by atoms with Crippen LogP contribution >= 0.6 is 0 Å². The third-order valence-electron chi connectivity index (χ3n) is 1.76. The van der Waals surface area contributed by atoms with Gasteiger partial charge in [-0.25, -0.2) is 0 Å². The first-order chi connectivity index (χ1) is 6.76. The number of rotatable bonds is 8. The van der Waals surface area contributed by atoms with Crippen molar-refractivity contribution in [3.8, 4) is 0 Å². The molecule has 0 aliphatic heterocycles. The van der Waals surface area contributed by atoms with Crippen LogP contribution in [0.3, 0.4) is 0 Å². The fraction of sp³-hybridized carbons (Fsp3) is 0.545. The summed E-state index contributed by atoms with van der Waals surface area (Å²) in [7, 11) is 0. The smallest absolute Gasteiger partial charge is 0.236 e. The molecule has 1 N–H and O–H groups in total. The molecule has 0 fully saturated rings. The summed E-state index contributed by atoms with van der Waals surface area (Å²) in [5.74, 6) is 0.119. The molecule has 0 radical (unpaired) electrons. The average molecular weight is 196 g/mol. The summed E-state index contributed by atoms with van der Waals surface area (Å²) in [4.78, 5) is 13.4. The van der Waals surface area contributed by atoms with Crippen molar-refractivity contribution in [3.63, 3.8) is 0 Å². The fourth-order valence-electron chi connectivity index (χ4n) is 1.14. The Bertz CT molecular complexity index is 190. The molecule has 0 rings (SSSR count). The van der Waals surface area contributed by atoms with Gasteiger partial charge in [0.05, 0.1) is 6.54 Å². The largest absolute Gasteiger partial charge is 0.338 e. The van der Waals surface area contributed by atoms with E-state index >= 15 is 0 Å². The van der Waals surface area contributed by atoms with Crippen LogP contribution in [0.2, 0.25) is 0 Å². The van der Waals surface area contributed by atoms with Gasteiger partial charge in [-0.05, 0) is 6.42 Å². The molecule has 0 spiro atoms. The molecule has 0 unspecified atom stereocenters. The molecule has 0 saturated heterocycles. The Labute approximate surface area is 86.5 Å². The van der Waals surface area contributed by atoms with Gasteiger partial charge in [0, 0.05) is 19.6 Å². The second-order valence-corrected chi connectivity index (χ2v) is 3.05. The van der Waals surface area contributed by atoms with Gasteiger partial charge in [-0.1, -0.05) is 19.1 Å². The third kappa shape index (κ3) is 5.54. The van der Waals surface area contributed by atoms with E-state index in [1.54, 1.807) is 17.1 Å². The van der Waals surface area contributed by atoms with Crippen LogP contribution < -0.4 is 5.32 Å². The van der Waals surface area contributed by atoms with Crippen LogP contribution in [0.25, 0.3) is 0 Å². The third-order valence-corrected chi connectivity index (χ3v) is 1.76. The second-order valence-electron chi connectivity index (χ2n) is 3.05. The lowest BCUT2D eigenvalue weighted by Crippen LogP contribution is -2.38. The van der Waals surface area contributed by atoms with Gasteiger partial charge in [0.1, 0.15) is 0 Å². The zero-order valence-corrected chi connectivity index (χ0v) is 8.96. The minimum absolute atomic E-state index is 0.119. The average Bonchev–Trinajstić information content (AvgIpc) is 2.18. The summed E-state index contributed by atoms with van der Waals surface area (Å²) >= 11 is 0. The van der Waals surface area contributed by atoms with E-state index < -0.39 is 0 Å². The van der Waals surface area contributed by atoms with E-state index in [9.17, 15) is 4.79 Å². The van der Waals surface area contributed by atoms with Gasteiger partial charge in [0.25, 0.3) is 0 Å². The van der Waals surface area contributed by atoms with Crippen LogP contribution in [0, 0.1) is 0 Å². The van der Waals surface area contributed by atoms with E-state index in [2.05, 4.69) is 25.4 Å². The van der Waals surface area contributed by atoms with Crippen LogP contribution in [0.15, 0.2) is 25.3 Å². The van der Waals surface area contributed by atoms with Crippen molar-refractivity contribution in [3.05, 3.63) is 25.3 Å². The van der Waals surface area contributed by atoms with Crippen molar-refractivity contribution >= 4 is 5.91 Å². The molecule has 0 aliphatic rings. The molecule has 14 heavy (non-hydrogen) atoms. The summed E-state index contributed by atoms with van der Waals surface area (Å²) in [6.45, 7) is 11.7. The highest BCUT2D eigenvalue weighted by Gasteiger charge is 2.09. The van der Waals surface area contributed by atoms with Gasteiger partial charge in [-0.3, -0.25) is 4.79 Å². The first kappa shape index (κ1) is 12.9. The molecule has 0 bridgehead atoms. The predicted octanol–water partition coefficient (Wildman–Crippen LogP) is 1.19. The molecular formula is C11H20N2O. The maximum Gasteiger partial charge on any atom is 0.236 e. The van der Waals surface area contributed by atoms with Crippen molar-refractivity contribution in [1.82, 2.24) is 10.2 Å². The monoisotopic (exact) mass is 196 g/mol. The Morgan fingerprint density at radius 1 is 1.43 bits per heavy atom. The number of carbonyl (C=O) groups is 1. The van der Waals surface area contributed by atoms with Crippen molar-refractivity contribution < 1.29 is 4.79 Å². The van der Waals surface area contributed by atoms with Gasteiger partial charge >= 0.3 is 0 Å². The molecule has 0 heterocycles. The highest BCUT2D eigenvalue weighted by molar-refractivity contribution is 5.78. The molecule has 3 nitrogen and oxygen atoms in total. The van der Waals surface area contributed by atoms with Crippen LogP contribution in [0.1, 0.15) is 13.3 Å². The zero-order valence-electron chi connectivity index (χ0n) is 8.96. The normalized spacial score (nSPS) is 9.50.